The highest BCUT2D eigenvalue weighted by atomic mass is 16.5. The molecule has 2 rings (SSSR count). The summed E-state index contributed by atoms with van der Waals surface area (Å²) in [5.41, 5.74) is 0. The molecule has 4 amide bonds. The number of ether oxygens (including phenoxy) is 1. The van der Waals surface area contributed by atoms with E-state index in [0.717, 1.165) is 9.80 Å². The van der Waals surface area contributed by atoms with E-state index in [0.29, 0.717) is 12.8 Å². The molecular weight excluding hydrogens is 330 g/mol. The van der Waals surface area contributed by atoms with Gasteiger partial charge in [0.1, 0.15) is 6.54 Å². The predicted molar refractivity (Wildman–Crippen MR) is 84.7 cm³/mol. The van der Waals surface area contributed by atoms with Crippen LogP contribution in [0.25, 0.3) is 0 Å². The molecule has 0 bridgehead atoms. The maximum Gasteiger partial charge on any atom is 0.326 e. The Morgan fingerprint density at radius 1 is 1.20 bits per heavy atom. The highest BCUT2D eigenvalue weighted by Gasteiger charge is 2.47. The first-order valence-electron chi connectivity index (χ1n) is 7.95. The largest absolute Gasteiger partial charge is 0.454 e. The fraction of sp³-hybridized carbons (Fsp3) is 0.562. The Hall–Kier alpha value is -2.71. The average molecular weight is 351 g/mol. The van der Waals surface area contributed by atoms with Gasteiger partial charge in [0, 0.05) is 14.1 Å². The van der Waals surface area contributed by atoms with Crippen LogP contribution in [-0.4, -0.2) is 73.2 Å². The molecule has 0 saturated carbocycles. The maximum atomic E-state index is 12.2. The number of amides is 4. The van der Waals surface area contributed by atoms with Crippen molar-refractivity contribution in [1.29, 1.82) is 0 Å². The quantitative estimate of drug-likeness (QED) is 0.361. The Balaban J connectivity index is 1.82. The molecule has 0 radical (unpaired) electrons. The van der Waals surface area contributed by atoms with E-state index in [1.165, 1.54) is 14.1 Å². The van der Waals surface area contributed by atoms with Crippen LogP contribution in [-0.2, 0) is 28.7 Å². The molecule has 2 aliphatic rings. The average Bonchev–Trinajstić information content (AvgIpc) is 2.84. The van der Waals surface area contributed by atoms with Crippen molar-refractivity contribution in [2.45, 2.75) is 12.8 Å². The van der Waals surface area contributed by atoms with Gasteiger partial charge in [-0.05, 0) is 12.8 Å². The summed E-state index contributed by atoms with van der Waals surface area (Å²) < 4.78 is 4.83. The van der Waals surface area contributed by atoms with Crippen molar-refractivity contribution in [1.82, 2.24) is 15.1 Å². The minimum absolute atomic E-state index is 0.160. The van der Waals surface area contributed by atoms with E-state index in [4.69, 9.17) is 4.74 Å². The maximum absolute atomic E-state index is 12.2. The molecule has 1 saturated heterocycles. The molecule has 25 heavy (non-hydrogen) atoms. The van der Waals surface area contributed by atoms with Gasteiger partial charge in [-0.2, -0.15) is 0 Å². The van der Waals surface area contributed by atoms with Crippen LogP contribution in [0.3, 0.4) is 0 Å². The van der Waals surface area contributed by atoms with Gasteiger partial charge >= 0.3 is 5.97 Å². The molecular formula is C16H21N3O6. The summed E-state index contributed by atoms with van der Waals surface area (Å²) >= 11 is 0. The number of hydrogen-bond donors (Lipinski definition) is 1. The van der Waals surface area contributed by atoms with Gasteiger partial charge in [0.2, 0.25) is 17.7 Å². The van der Waals surface area contributed by atoms with Gasteiger partial charge < -0.3 is 15.0 Å². The van der Waals surface area contributed by atoms with Crippen molar-refractivity contribution in [3.8, 4) is 0 Å². The lowest BCUT2D eigenvalue weighted by Crippen LogP contribution is -2.40. The molecule has 1 aliphatic carbocycles. The number of rotatable bonds is 6. The molecule has 136 valence electrons. The predicted octanol–water partition coefficient (Wildman–Crippen LogP) is -1.31. The Kier molecular flexibility index (Phi) is 5.89. The minimum atomic E-state index is -0.838. The fourth-order valence-corrected chi connectivity index (χ4v) is 2.83. The topological polar surface area (TPSA) is 113 Å². The fourth-order valence-electron chi connectivity index (χ4n) is 2.83. The molecule has 0 aromatic heterocycles. The van der Waals surface area contributed by atoms with E-state index < -0.39 is 36.9 Å². The van der Waals surface area contributed by atoms with E-state index >= 15 is 0 Å². The first kappa shape index (κ1) is 18.6. The highest BCUT2D eigenvalue weighted by Crippen LogP contribution is 2.34. The third-order valence-electron chi connectivity index (χ3n) is 4.33. The normalized spacial score (nSPS) is 21.8. The molecule has 1 heterocycles. The highest BCUT2D eigenvalue weighted by molar-refractivity contribution is 6.07. The minimum Gasteiger partial charge on any atom is -0.454 e. The number of allylic oxidation sites excluding steroid dienone is 2. The van der Waals surface area contributed by atoms with Crippen molar-refractivity contribution in [3.63, 3.8) is 0 Å². The van der Waals surface area contributed by atoms with E-state index in [9.17, 15) is 24.0 Å². The number of hydrogen-bond acceptors (Lipinski definition) is 6. The van der Waals surface area contributed by atoms with Gasteiger partial charge in [0.05, 0.1) is 18.4 Å². The lowest BCUT2D eigenvalue weighted by molar-refractivity contribution is -0.156. The number of nitrogens with one attached hydrogen (secondary N) is 1. The van der Waals surface area contributed by atoms with E-state index in [1.807, 2.05) is 12.2 Å². The number of fused-ring (bicyclic) bond motifs is 1. The first-order valence-corrected chi connectivity index (χ1v) is 7.95. The van der Waals surface area contributed by atoms with Crippen molar-refractivity contribution in [2.24, 2.45) is 11.8 Å². The number of imide groups is 1. The van der Waals surface area contributed by atoms with Gasteiger partial charge in [0.25, 0.3) is 5.91 Å². The second kappa shape index (κ2) is 7.91. The number of nitrogens with zero attached hydrogens (tertiary/aromatic N) is 2. The standard InChI is InChI=1S/C16H21N3O6/c1-17-12(20)7-18(2)13(21)9-25-14(22)8-19-15(23)10-5-3-4-6-11(10)16(19)24/h3-4,10-11H,5-9H2,1-2H3,(H,17,20)/t10-,11+. The molecule has 1 N–H and O–H groups in total. The van der Waals surface area contributed by atoms with Gasteiger partial charge in [0.15, 0.2) is 6.61 Å². The number of carbonyl (C=O) groups excluding carboxylic acids is 5. The van der Waals surface area contributed by atoms with Crippen LogP contribution in [0, 0.1) is 11.8 Å². The zero-order valence-electron chi connectivity index (χ0n) is 14.2. The molecule has 0 aromatic carbocycles. The van der Waals surface area contributed by atoms with Crippen molar-refractivity contribution in [3.05, 3.63) is 12.2 Å². The number of carbonyl (C=O) groups is 5. The molecule has 0 aromatic rings. The van der Waals surface area contributed by atoms with Crippen LogP contribution in [0.4, 0.5) is 0 Å². The smallest absolute Gasteiger partial charge is 0.326 e. The number of likely N-dealkylation sites (tertiary alicyclic amines) is 1. The molecule has 1 fully saturated rings. The molecule has 2 atom stereocenters. The van der Waals surface area contributed by atoms with Crippen LogP contribution < -0.4 is 5.32 Å². The van der Waals surface area contributed by atoms with Crippen molar-refractivity contribution in [2.75, 3.05) is 33.8 Å². The van der Waals surface area contributed by atoms with E-state index in [2.05, 4.69) is 5.32 Å². The summed E-state index contributed by atoms with van der Waals surface area (Å²) in [6.07, 6.45) is 4.69. The summed E-state index contributed by atoms with van der Waals surface area (Å²) in [5, 5.41) is 2.37. The van der Waals surface area contributed by atoms with Crippen LogP contribution in [0.1, 0.15) is 12.8 Å². The van der Waals surface area contributed by atoms with Gasteiger partial charge in [-0.1, -0.05) is 12.2 Å². The monoisotopic (exact) mass is 351 g/mol. The first-order chi connectivity index (χ1) is 11.8. The van der Waals surface area contributed by atoms with E-state index in [-0.39, 0.29) is 24.3 Å². The third kappa shape index (κ3) is 4.23. The molecule has 9 nitrogen and oxygen atoms in total. The zero-order chi connectivity index (χ0) is 18.6. The number of esters is 1. The summed E-state index contributed by atoms with van der Waals surface area (Å²) in [6.45, 7) is -1.22. The van der Waals surface area contributed by atoms with Gasteiger partial charge in [-0.15, -0.1) is 0 Å². The summed E-state index contributed by atoms with van der Waals surface area (Å²) in [6, 6.07) is 0. The Morgan fingerprint density at radius 2 is 1.76 bits per heavy atom. The van der Waals surface area contributed by atoms with Crippen molar-refractivity contribution >= 4 is 29.6 Å². The van der Waals surface area contributed by atoms with Gasteiger partial charge in [-0.3, -0.25) is 28.9 Å². The zero-order valence-corrected chi connectivity index (χ0v) is 14.2. The second-order valence-electron chi connectivity index (χ2n) is 6.00. The molecule has 0 spiro atoms. The van der Waals surface area contributed by atoms with E-state index in [1.54, 1.807) is 0 Å². The SMILES string of the molecule is CNC(=O)CN(C)C(=O)COC(=O)CN1C(=O)[C@H]2CC=CC[C@H]2C1=O. The lowest BCUT2D eigenvalue weighted by Gasteiger charge is -2.17. The molecule has 0 unspecified atom stereocenters. The summed E-state index contributed by atoms with van der Waals surface area (Å²) in [4.78, 5) is 61.3. The Bertz CT molecular complexity index is 603. The van der Waals surface area contributed by atoms with Crippen LogP contribution in [0.5, 0.6) is 0 Å². The van der Waals surface area contributed by atoms with Crippen LogP contribution >= 0.6 is 0 Å². The molecule has 1 aliphatic heterocycles. The lowest BCUT2D eigenvalue weighted by atomic mass is 9.85. The summed E-state index contributed by atoms with van der Waals surface area (Å²) in [5.74, 6) is -3.33. The summed E-state index contributed by atoms with van der Waals surface area (Å²) in [7, 11) is 2.84. The van der Waals surface area contributed by atoms with Crippen LogP contribution in [0.15, 0.2) is 12.2 Å². The third-order valence-corrected chi connectivity index (χ3v) is 4.33. The molecule has 9 heteroatoms. The number of likely N-dealkylation sites (N-methyl/N-ethyl adjacent to an activating group) is 2. The Morgan fingerprint density at radius 3 is 2.28 bits per heavy atom. The van der Waals surface area contributed by atoms with Crippen molar-refractivity contribution < 1.29 is 28.7 Å². The van der Waals surface area contributed by atoms with Crippen LogP contribution in [0.2, 0.25) is 0 Å². The van der Waals surface area contributed by atoms with Gasteiger partial charge in [-0.25, -0.2) is 0 Å². The Labute approximate surface area is 145 Å². The second-order valence-corrected chi connectivity index (χ2v) is 6.00.